The van der Waals surface area contributed by atoms with Crippen molar-refractivity contribution in [2.45, 2.75) is 31.9 Å². The van der Waals surface area contributed by atoms with Crippen molar-refractivity contribution >= 4 is 29.4 Å². The highest BCUT2D eigenvalue weighted by Crippen LogP contribution is 2.28. The summed E-state index contributed by atoms with van der Waals surface area (Å²) in [6, 6.07) is 12.9. The van der Waals surface area contributed by atoms with Crippen molar-refractivity contribution in [2.75, 3.05) is 13.2 Å². The number of esters is 1. The second-order valence-electron chi connectivity index (χ2n) is 6.94. The van der Waals surface area contributed by atoms with Gasteiger partial charge in [-0.2, -0.15) is 0 Å². The molecule has 8 heteroatoms. The number of amides is 1. The van der Waals surface area contributed by atoms with E-state index in [1.165, 1.54) is 24.0 Å². The molecule has 0 N–H and O–H groups in total. The van der Waals surface area contributed by atoms with Gasteiger partial charge in [0.25, 0.3) is 0 Å². The Kier molecular flexibility index (Phi) is 7.05. The lowest BCUT2D eigenvalue weighted by molar-refractivity contribution is -0.155. The summed E-state index contributed by atoms with van der Waals surface area (Å²) >= 11 is 5.79. The minimum absolute atomic E-state index is 0.0715. The first-order valence-corrected chi connectivity index (χ1v) is 9.85. The summed E-state index contributed by atoms with van der Waals surface area (Å²) in [6.07, 6.45) is -1.97. The number of rotatable bonds is 8. The molecular formula is C22H21ClFNO5. The minimum Gasteiger partial charge on any atom is -0.454 e. The van der Waals surface area contributed by atoms with Crippen molar-refractivity contribution in [1.82, 2.24) is 4.90 Å². The fourth-order valence-electron chi connectivity index (χ4n) is 3.31. The molecule has 1 fully saturated rings. The quantitative estimate of drug-likeness (QED) is 0.586. The molecule has 2 unspecified atom stereocenters. The highest BCUT2D eigenvalue weighted by atomic mass is 35.5. The highest BCUT2D eigenvalue weighted by molar-refractivity contribution is 6.30. The first-order valence-electron chi connectivity index (χ1n) is 9.48. The molecule has 2 atom stereocenters. The third-order valence-corrected chi connectivity index (χ3v) is 5.17. The second kappa shape index (κ2) is 9.71. The van der Waals surface area contributed by atoms with Crippen LogP contribution in [0.3, 0.4) is 0 Å². The van der Waals surface area contributed by atoms with Gasteiger partial charge >= 0.3 is 12.1 Å². The molecular weight excluding hydrogens is 413 g/mol. The zero-order valence-electron chi connectivity index (χ0n) is 16.3. The molecule has 1 aliphatic heterocycles. The van der Waals surface area contributed by atoms with Crippen LogP contribution in [0.4, 0.5) is 9.18 Å². The van der Waals surface area contributed by atoms with E-state index in [0.29, 0.717) is 6.54 Å². The van der Waals surface area contributed by atoms with E-state index in [4.69, 9.17) is 21.1 Å². The van der Waals surface area contributed by atoms with E-state index in [1.54, 1.807) is 30.3 Å². The zero-order chi connectivity index (χ0) is 21.7. The third-order valence-electron chi connectivity index (χ3n) is 4.88. The van der Waals surface area contributed by atoms with Crippen molar-refractivity contribution in [2.24, 2.45) is 0 Å². The molecule has 0 aliphatic carbocycles. The fourth-order valence-corrected chi connectivity index (χ4v) is 3.50. The van der Waals surface area contributed by atoms with Gasteiger partial charge in [-0.3, -0.25) is 14.5 Å². The van der Waals surface area contributed by atoms with Crippen LogP contribution >= 0.6 is 11.6 Å². The lowest BCUT2D eigenvalue weighted by atomic mass is 10.0. The summed E-state index contributed by atoms with van der Waals surface area (Å²) in [4.78, 5) is 38.2. The molecule has 2 aromatic rings. The number of nitrogens with zero attached hydrogens (tertiary/aromatic N) is 1. The van der Waals surface area contributed by atoms with Crippen LogP contribution in [0.15, 0.2) is 48.5 Å². The molecule has 0 spiro atoms. The lowest BCUT2D eigenvalue weighted by Gasteiger charge is -2.26. The molecule has 0 saturated carbocycles. The molecule has 2 aromatic carbocycles. The number of ether oxygens (including phenoxy) is 2. The number of cyclic esters (lactones) is 1. The molecule has 30 heavy (non-hydrogen) atoms. The summed E-state index contributed by atoms with van der Waals surface area (Å²) in [5, 5.41) is -0.0715. The van der Waals surface area contributed by atoms with E-state index in [1.807, 2.05) is 6.07 Å². The Bertz CT molecular complexity index is 936. The number of halogens is 2. The Morgan fingerprint density at radius 2 is 1.93 bits per heavy atom. The number of benzene rings is 2. The van der Waals surface area contributed by atoms with Crippen LogP contribution in [0.1, 0.15) is 30.5 Å². The van der Waals surface area contributed by atoms with E-state index < -0.39 is 35.8 Å². The summed E-state index contributed by atoms with van der Waals surface area (Å²) in [6.45, 7) is 1.85. The van der Waals surface area contributed by atoms with E-state index in [0.717, 1.165) is 5.56 Å². The molecule has 0 radical (unpaired) electrons. The molecule has 3 rings (SSSR count). The van der Waals surface area contributed by atoms with Crippen molar-refractivity contribution in [3.8, 4) is 0 Å². The molecule has 1 saturated heterocycles. The van der Waals surface area contributed by atoms with Gasteiger partial charge in [0.1, 0.15) is 12.4 Å². The Labute approximate surface area is 178 Å². The van der Waals surface area contributed by atoms with Crippen LogP contribution in [0.5, 0.6) is 0 Å². The van der Waals surface area contributed by atoms with Gasteiger partial charge in [-0.25, -0.2) is 9.18 Å². The predicted octanol–water partition coefficient (Wildman–Crippen LogP) is 4.11. The Morgan fingerprint density at radius 1 is 1.20 bits per heavy atom. The van der Waals surface area contributed by atoms with Gasteiger partial charge in [-0.1, -0.05) is 54.1 Å². The number of Topliss-reactive ketones (excluding diaryl/α,β-unsaturated/α-hetero) is 1. The number of hydrogen-bond acceptors (Lipinski definition) is 5. The molecule has 0 bridgehead atoms. The monoisotopic (exact) mass is 433 g/mol. The topological polar surface area (TPSA) is 72.9 Å². The SMILES string of the molecule is CC(=O)C(Cc1cccc(Cl)c1F)OC(=O)CC(c1ccccc1)N1CCOC1=O. The number of hydrogen-bond donors (Lipinski definition) is 0. The molecule has 1 heterocycles. The van der Waals surface area contributed by atoms with Gasteiger partial charge in [0, 0.05) is 6.42 Å². The summed E-state index contributed by atoms with van der Waals surface area (Å²) < 4.78 is 24.6. The van der Waals surface area contributed by atoms with Gasteiger partial charge in [0.15, 0.2) is 11.9 Å². The van der Waals surface area contributed by atoms with E-state index in [-0.39, 0.29) is 30.0 Å². The van der Waals surface area contributed by atoms with Crippen LogP contribution in [0.2, 0.25) is 5.02 Å². The van der Waals surface area contributed by atoms with Crippen LogP contribution in [-0.2, 0) is 25.5 Å². The number of ketones is 1. The first kappa shape index (κ1) is 21.8. The fraction of sp³-hybridized carbons (Fsp3) is 0.318. The largest absolute Gasteiger partial charge is 0.454 e. The molecule has 158 valence electrons. The normalized spacial score (nSPS) is 15.4. The van der Waals surface area contributed by atoms with E-state index in [2.05, 4.69) is 0 Å². The van der Waals surface area contributed by atoms with Crippen LogP contribution < -0.4 is 0 Å². The Hall–Kier alpha value is -2.93. The third kappa shape index (κ3) is 5.16. The number of carbonyl (C=O) groups excluding carboxylic acids is 3. The zero-order valence-corrected chi connectivity index (χ0v) is 17.1. The second-order valence-corrected chi connectivity index (χ2v) is 7.35. The van der Waals surface area contributed by atoms with Crippen LogP contribution in [-0.4, -0.2) is 42.0 Å². The maximum absolute atomic E-state index is 14.2. The molecule has 1 amide bonds. The maximum Gasteiger partial charge on any atom is 0.410 e. The molecule has 1 aliphatic rings. The minimum atomic E-state index is -1.16. The van der Waals surface area contributed by atoms with Crippen molar-refractivity contribution in [3.05, 3.63) is 70.5 Å². The average molecular weight is 434 g/mol. The van der Waals surface area contributed by atoms with E-state index >= 15 is 0 Å². The predicted molar refractivity (Wildman–Crippen MR) is 108 cm³/mol. The number of carbonyl (C=O) groups is 3. The van der Waals surface area contributed by atoms with E-state index in [9.17, 15) is 18.8 Å². The summed E-state index contributed by atoms with van der Waals surface area (Å²) in [7, 11) is 0. The van der Waals surface area contributed by atoms with Gasteiger partial charge in [0.05, 0.1) is 24.0 Å². The standard InChI is InChI=1S/C22H21ClFNO5/c1-14(26)19(12-16-8-5-9-17(23)21(16)24)30-20(27)13-18(15-6-3-2-4-7-15)25-10-11-29-22(25)28/h2-9,18-19H,10-13H2,1H3. The van der Waals surface area contributed by atoms with Crippen molar-refractivity contribution < 1.29 is 28.2 Å². The lowest BCUT2D eigenvalue weighted by Crippen LogP contribution is -2.34. The Balaban J connectivity index is 1.75. The Morgan fingerprint density at radius 3 is 2.57 bits per heavy atom. The van der Waals surface area contributed by atoms with Crippen LogP contribution in [0, 0.1) is 5.82 Å². The van der Waals surface area contributed by atoms with Gasteiger partial charge in [-0.05, 0) is 24.1 Å². The average Bonchev–Trinajstić information content (AvgIpc) is 3.15. The van der Waals surface area contributed by atoms with Gasteiger partial charge < -0.3 is 9.47 Å². The summed E-state index contributed by atoms with van der Waals surface area (Å²) in [5.74, 6) is -1.74. The van der Waals surface area contributed by atoms with Crippen molar-refractivity contribution in [3.63, 3.8) is 0 Å². The smallest absolute Gasteiger partial charge is 0.410 e. The van der Waals surface area contributed by atoms with Gasteiger partial charge in [-0.15, -0.1) is 0 Å². The van der Waals surface area contributed by atoms with Crippen molar-refractivity contribution in [1.29, 1.82) is 0 Å². The summed E-state index contributed by atoms with van der Waals surface area (Å²) in [5.41, 5.74) is 0.923. The highest BCUT2D eigenvalue weighted by Gasteiger charge is 2.33. The first-order chi connectivity index (χ1) is 14.4. The van der Waals surface area contributed by atoms with Crippen LogP contribution in [0.25, 0.3) is 0 Å². The molecule has 6 nitrogen and oxygen atoms in total. The molecule has 0 aromatic heterocycles. The maximum atomic E-state index is 14.2. The van der Waals surface area contributed by atoms with Gasteiger partial charge in [0.2, 0.25) is 0 Å².